The minimum atomic E-state index is -0.122. The van der Waals surface area contributed by atoms with Gasteiger partial charge in [-0.15, -0.1) is 0 Å². The van der Waals surface area contributed by atoms with Crippen LogP contribution in [0.4, 0.5) is 0 Å². The summed E-state index contributed by atoms with van der Waals surface area (Å²) in [5, 5.41) is 1.37. The van der Waals surface area contributed by atoms with Crippen LogP contribution in [0.15, 0.2) is 41.3 Å². The minimum Gasteiger partial charge on any atom is -0.307 e. The second kappa shape index (κ2) is 11.7. The quantitative estimate of drug-likeness (QED) is 0.648. The van der Waals surface area contributed by atoms with Gasteiger partial charge in [0.05, 0.1) is 0 Å². The fourth-order valence-corrected chi connectivity index (χ4v) is 2.44. The molecule has 3 rings (SSSR count). The Labute approximate surface area is 157 Å². The molecule has 0 saturated heterocycles. The summed E-state index contributed by atoms with van der Waals surface area (Å²) < 4.78 is 1.53. The Kier molecular flexibility index (Phi) is 10.4. The maximum atomic E-state index is 12.5. The third-order valence-electron chi connectivity index (χ3n) is 3.23. The van der Waals surface area contributed by atoms with Crippen molar-refractivity contribution < 1.29 is 9.59 Å². The number of rotatable bonds is 1. The van der Waals surface area contributed by atoms with E-state index in [1.165, 1.54) is 4.57 Å². The van der Waals surface area contributed by atoms with Gasteiger partial charge >= 0.3 is 0 Å². The summed E-state index contributed by atoms with van der Waals surface area (Å²) in [4.78, 5) is 37.0. The summed E-state index contributed by atoms with van der Waals surface area (Å²) in [5.41, 5.74) is 1.78. The van der Waals surface area contributed by atoms with Gasteiger partial charge < -0.3 is 9.59 Å². The van der Waals surface area contributed by atoms with Crippen LogP contribution in [0.1, 0.15) is 19.7 Å². The number of benzene rings is 1. The zero-order chi connectivity index (χ0) is 20.3. The molecule has 0 radical (unpaired) electrons. The minimum absolute atomic E-state index is 0.122. The normalized spacial score (nSPS) is 8.96. The first-order valence-corrected chi connectivity index (χ1v) is 8.12. The summed E-state index contributed by atoms with van der Waals surface area (Å²) >= 11 is 6.18. The largest absolute Gasteiger partial charge is 0.307 e. The Morgan fingerprint density at radius 2 is 1.62 bits per heavy atom. The van der Waals surface area contributed by atoms with Crippen LogP contribution in [0.25, 0.3) is 22.2 Å². The molecule has 138 valence electrons. The van der Waals surface area contributed by atoms with Gasteiger partial charge in [0.15, 0.2) is 0 Å². The summed E-state index contributed by atoms with van der Waals surface area (Å²) in [6.45, 7) is 9.80. The van der Waals surface area contributed by atoms with Crippen LogP contribution in [0, 0.1) is 6.92 Å². The van der Waals surface area contributed by atoms with Gasteiger partial charge in [0, 0.05) is 34.8 Å². The molecule has 0 saturated carbocycles. The molecule has 3 aromatic rings. The number of nitrogens with zero attached hydrogens (tertiary/aromatic N) is 3. The van der Waals surface area contributed by atoms with E-state index in [0.717, 1.165) is 10.9 Å². The molecule has 6 nitrogen and oxygen atoms in total. The maximum absolute atomic E-state index is 12.5. The highest BCUT2D eigenvalue weighted by Gasteiger charge is 2.12. The van der Waals surface area contributed by atoms with Gasteiger partial charge in [0.2, 0.25) is 0 Å². The number of carbonyl (C=O) groups excluding carboxylic acids is 2. The van der Waals surface area contributed by atoms with Gasteiger partial charge in [-0.25, -0.2) is 9.97 Å². The number of pyridine rings is 1. The maximum Gasteiger partial charge on any atom is 0.259 e. The Balaban J connectivity index is 0.000000948. The molecule has 0 aliphatic heterocycles. The lowest BCUT2D eigenvalue weighted by Crippen LogP contribution is -2.20. The molecule has 0 atom stereocenters. The Morgan fingerprint density at radius 1 is 1.04 bits per heavy atom. The molecule has 0 N–H and O–H groups in total. The van der Waals surface area contributed by atoms with Crippen molar-refractivity contribution in [3.8, 4) is 11.1 Å². The van der Waals surface area contributed by atoms with Gasteiger partial charge in [0.25, 0.3) is 5.56 Å². The second-order valence-electron chi connectivity index (χ2n) is 4.60. The number of hydrogen-bond acceptors (Lipinski definition) is 5. The molecule has 0 aliphatic rings. The fraction of sp³-hybridized carbons (Fsp3) is 0.211. The van der Waals surface area contributed by atoms with Crippen molar-refractivity contribution in [3.05, 3.63) is 57.7 Å². The molecule has 0 spiro atoms. The first-order valence-electron chi connectivity index (χ1n) is 7.74. The number of aryl methyl sites for hydroxylation is 2. The van der Waals surface area contributed by atoms with Gasteiger partial charge in [-0.1, -0.05) is 43.6 Å². The van der Waals surface area contributed by atoms with Crippen LogP contribution < -0.4 is 5.56 Å². The molecule has 1 aromatic carbocycles. The zero-order valence-electron chi connectivity index (χ0n) is 15.3. The van der Waals surface area contributed by atoms with E-state index in [1.54, 1.807) is 32.3 Å². The number of fused-ring (bicyclic) bond motifs is 1. The molecule has 0 aliphatic carbocycles. The van der Waals surface area contributed by atoms with Gasteiger partial charge in [-0.2, -0.15) is 0 Å². The topological polar surface area (TPSA) is 81.9 Å². The molecular formula is C19H22ClN3O3. The fourth-order valence-electron chi connectivity index (χ4n) is 2.20. The second-order valence-corrected chi connectivity index (χ2v) is 5.01. The third-order valence-corrected chi connectivity index (χ3v) is 3.56. The first kappa shape index (κ1) is 23.1. The SMILES string of the molecule is C=O.C=O.CC.Cc1ncc2cc(-c3ccccc3Cl)c(=O)n(C)c2n1. The van der Waals surface area contributed by atoms with Crippen molar-refractivity contribution in [2.24, 2.45) is 7.05 Å². The van der Waals surface area contributed by atoms with Crippen LogP contribution in [-0.4, -0.2) is 28.1 Å². The Hall–Kier alpha value is -2.86. The summed E-state index contributed by atoms with van der Waals surface area (Å²) in [5.74, 6) is 0.637. The van der Waals surface area contributed by atoms with E-state index in [-0.39, 0.29) is 5.56 Å². The summed E-state index contributed by atoms with van der Waals surface area (Å²) in [6, 6.07) is 9.09. The van der Waals surface area contributed by atoms with Crippen molar-refractivity contribution in [2.45, 2.75) is 20.8 Å². The van der Waals surface area contributed by atoms with Crippen LogP contribution in [0.3, 0.4) is 0 Å². The molecule has 26 heavy (non-hydrogen) atoms. The molecule has 7 heteroatoms. The molecular weight excluding hydrogens is 354 g/mol. The van der Waals surface area contributed by atoms with Crippen LogP contribution in [-0.2, 0) is 16.6 Å². The highest BCUT2D eigenvalue weighted by Crippen LogP contribution is 2.26. The average Bonchev–Trinajstić information content (AvgIpc) is 2.70. The number of hydrogen-bond donors (Lipinski definition) is 0. The van der Waals surface area contributed by atoms with E-state index in [0.29, 0.717) is 22.1 Å². The van der Waals surface area contributed by atoms with Crippen molar-refractivity contribution in [2.75, 3.05) is 0 Å². The van der Waals surface area contributed by atoms with E-state index >= 15 is 0 Å². The van der Waals surface area contributed by atoms with Crippen molar-refractivity contribution in [1.29, 1.82) is 0 Å². The lowest BCUT2D eigenvalue weighted by atomic mass is 10.1. The molecule has 2 aromatic heterocycles. The molecule has 0 amide bonds. The summed E-state index contributed by atoms with van der Waals surface area (Å²) in [6.07, 6.45) is 1.72. The van der Waals surface area contributed by atoms with E-state index in [4.69, 9.17) is 21.2 Å². The van der Waals surface area contributed by atoms with E-state index < -0.39 is 0 Å². The number of carbonyl (C=O) groups is 2. The van der Waals surface area contributed by atoms with E-state index in [1.807, 2.05) is 45.6 Å². The number of aromatic nitrogens is 3. The highest BCUT2D eigenvalue weighted by atomic mass is 35.5. The molecule has 0 fully saturated rings. The first-order chi connectivity index (χ1) is 12.6. The molecule has 0 bridgehead atoms. The van der Waals surface area contributed by atoms with Crippen LogP contribution in [0.5, 0.6) is 0 Å². The highest BCUT2D eigenvalue weighted by molar-refractivity contribution is 6.33. The lowest BCUT2D eigenvalue weighted by Gasteiger charge is -2.09. The Bertz CT molecular complexity index is 908. The zero-order valence-corrected chi connectivity index (χ0v) is 16.1. The predicted molar refractivity (Wildman–Crippen MR) is 106 cm³/mol. The van der Waals surface area contributed by atoms with Crippen molar-refractivity contribution >= 4 is 36.2 Å². The van der Waals surface area contributed by atoms with Gasteiger partial charge in [-0.3, -0.25) is 9.36 Å². The monoisotopic (exact) mass is 375 g/mol. The standard InChI is InChI=1S/C15H12ClN3O.C2H6.2CH2O/c1-9-17-8-10-7-12(11-5-3-4-6-13(11)16)15(20)19(2)14(10)18-9;3*1-2/h3-8H,1-2H3;1-2H3;2*1H2. The summed E-state index contributed by atoms with van der Waals surface area (Å²) in [7, 11) is 1.71. The van der Waals surface area contributed by atoms with Gasteiger partial charge in [0.1, 0.15) is 25.0 Å². The number of halogens is 1. The van der Waals surface area contributed by atoms with Crippen LogP contribution in [0.2, 0.25) is 5.02 Å². The van der Waals surface area contributed by atoms with Crippen LogP contribution >= 0.6 is 11.6 Å². The average molecular weight is 376 g/mol. The molecule has 0 unspecified atom stereocenters. The van der Waals surface area contributed by atoms with Crippen molar-refractivity contribution in [3.63, 3.8) is 0 Å². The van der Waals surface area contributed by atoms with Gasteiger partial charge in [-0.05, 0) is 19.1 Å². The smallest absolute Gasteiger partial charge is 0.259 e. The van der Waals surface area contributed by atoms with E-state index in [2.05, 4.69) is 9.97 Å². The third kappa shape index (κ3) is 5.07. The van der Waals surface area contributed by atoms with E-state index in [9.17, 15) is 4.79 Å². The predicted octanol–water partition coefficient (Wildman–Crippen LogP) is 3.61. The molecule has 2 heterocycles. The van der Waals surface area contributed by atoms with Crippen molar-refractivity contribution in [1.82, 2.24) is 14.5 Å². The lowest BCUT2D eigenvalue weighted by molar-refractivity contribution is -0.0987. The Morgan fingerprint density at radius 3 is 2.19 bits per heavy atom.